The van der Waals surface area contributed by atoms with Crippen LogP contribution in [-0.4, -0.2) is 110 Å². The van der Waals surface area contributed by atoms with Crippen molar-refractivity contribution in [3.8, 4) is 5.75 Å². The molecule has 3 aromatic carbocycles. The highest BCUT2D eigenvalue weighted by Crippen LogP contribution is 2.52. The van der Waals surface area contributed by atoms with Crippen LogP contribution < -0.4 is 19.8 Å². The number of morpholine rings is 1. The number of carbonyl (C=O) groups excluding carboxylic acids is 1. The van der Waals surface area contributed by atoms with Crippen molar-refractivity contribution in [2.45, 2.75) is 87.6 Å². The molecule has 0 atom stereocenters. The van der Waals surface area contributed by atoms with Gasteiger partial charge in [-0.25, -0.2) is 18.1 Å². The van der Waals surface area contributed by atoms with Crippen molar-refractivity contribution in [1.82, 2.24) is 24.2 Å². The molecule has 0 unspecified atom stereocenters. The highest BCUT2D eigenvalue weighted by atomic mass is 35.5. The Labute approximate surface area is 402 Å². The fourth-order valence-electron chi connectivity index (χ4n) is 11.4. The minimum atomic E-state index is -4.57. The zero-order valence-electron chi connectivity index (χ0n) is 38.3. The predicted octanol–water partition coefficient (Wildman–Crippen LogP) is 8.93. The number of hydrogen-bond donors (Lipinski definition) is 2. The molecule has 2 saturated heterocycles. The number of piperazine rings is 1. The normalized spacial score (nSPS) is 21.6. The molecule has 68 heavy (non-hydrogen) atoms. The molecule has 2 aromatic heterocycles. The number of anilines is 2. The summed E-state index contributed by atoms with van der Waals surface area (Å²) in [5.74, 6) is -0.823. The predicted molar refractivity (Wildman–Crippen MR) is 264 cm³/mol. The van der Waals surface area contributed by atoms with Gasteiger partial charge in [-0.05, 0) is 129 Å². The van der Waals surface area contributed by atoms with Gasteiger partial charge >= 0.3 is 0 Å². The molecule has 1 amide bonds. The van der Waals surface area contributed by atoms with Crippen LogP contribution in [0.2, 0.25) is 5.02 Å². The summed E-state index contributed by atoms with van der Waals surface area (Å²) in [6, 6.07) is 23.2. The average molecular weight is 964 g/mol. The zero-order chi connectivity index (χ0) is 46.8. The second-order valence-corrected chi connectivity index (χ2v) is 21.4. The van der Waals surface area contributed by atoms with Crippen molar-refractivity contribution >= 4 is 61.2 Å². The van der Waals surface area contributed by atoms with Crippen LogP contribution >= 0.6 is 11.6 Å². The van der Waals surface area contributed by atoms with E-state index in [-0.39, 0.29) is 28.7 Å². The lowest BCUT2D eigenvalue weighted by atomic mass is 9.69. The van der Waals surface area contributed by atoms with Crippen LogP contribution in [0, 0.1) is 15.5 Å². The molecule has 2 saturated carbocycles. The molecule has 1 spiro atoms. The summed E-state index contributed by atoms with van der Waals surface area (Å²) in [6.07, 6.45) is 15.6. The first-order valence-corrected chi connectivity index (χ1v) is 26.0. The molecule has 4 fully saturated rings. The highest BCUT2D eigenvalue weighted by Gasteiger charge is 2.39. The molecule has 5 aromatic rings. The Morgan fingerprint density at radius 3 is 2.43 bits per heavy atom. The fourth-order valence-corrected chi connectivity index (χ4v) is 12.5. The molecule has 3 aliphatic carbocycles. The van der Waals surface area contributed by atoms with Gasteiger partial charge in [0.05, 0.1) is 28.6 Å². The maximum absolute atomic E-state index is 14.1. The van der Waals surface area contributed by atoms with E-state index < -0.39 is 25.7 Å². The summed E-state index contributed by atoms with van der Waals surface area (Å²) in [5, 5.41) is 17.2. The van der Waals surface area contributed by atoms with E-state index in [2.05, 4.69) is 41.9 Å². The third-order valence-corrected chi connectivity index (χ3v) is 16.7. The van der Waals surface area contributed by atoms with Gasteiger partial charge in [0.1, 0.15) is 5.69 Å². The third-order valence-electron chi connectivity index (χ3n) is 15.1. The number of ether oxygens (including phenoxy) is 1. The van der Waals surface area contributed by atoms with Crippen LogP contribution in [0.1, 0.15) is 86.6 Å². The van der Waals surface area contributed by atoms with Crippen molar-refractivity contribution in [2.75, 3.05) is 69.2 Å². The van der Waals surface area contributed by atoms with E-state index in [0.717, 1.165) is 120 Å². The average Bonchev–Trinajstić information content (AvgIpc) is 3.99. The number of aromatic nitrogens is 2. The Hall–Kier alpha value is -5.52. The largest absolute Gasteiger partial charge is 0.379 e. The lowest BCUT2D eigenvalue weighted by Crippen LogP contribution is -2.47. The number of nitro benzene ring substituents is 1. The summed E-state index contributed by atoms with van der Waals surface area (Å²) < 4.78 is 36.9. The van der Waals surface area contributed by atoms with Gasteiger partial charge in [0.15, 0.2) is 11.4 Å². The second kappa shape index (κ2) is 19.8. The molecule has 15 nitrogen and oxygen atoms in total. The minimum absolute atomic E-state index is 0.00314. The first-order chi connectivity index (χ1) is 33.0. The van der Waals surface area contributed by atoms with Crippen LogP contribution in [0.3, 0.4) is 0 Å². The summed E-state index contributed by atoms with van der Waals surface area (Å²) in [6.45, 7) is 7.35. The number of hydrogen-bond acceptors (Lipinski definition) is 12. The monoisotopic (exact) mass is 962 g/mol. The zero-order valence-corrected chi connectivity index (χ0v) is 39.9. The van der Waals surface area contributed by atoms with Crippen LogP contribution in [0.4, 0.5) is 17.1 Å². The van der Waals surface area contributed by atoms with E-state index in [0.29, 0.717) is 17.1 Å². The lowest BCUT2D eigenvalue weighted by molar-refractivity contribution is -0.384. The summed E-state index contributed by atoms with van der Waals surface area (Å²) in [7, 11) is -4.57. The van der Waals surface area contributed by atoms with Gasteiger partial charge in [-0.1, -0.05) is 42.1 Å². The number of fused-ring (bicyclic) bond motifs is 1. The number of allylic oxidation sites excluding steroid dienone is 1. The molecule has 2 N–H and O–H groups in total. The van der Waals surface area contributed by atoms with Gasteiger partial charge in [0.25, 0.3) is 21.6 Å². The first kappa shape index (κ1) is 46.2. The van der Waals surface area contributed by atoms with E-state index in [1.807, 2.05) is 36.4 Å². The van der Waals surface area contributed by atoms with E-state index >= 15 is 0 Å². The highest BCUT2D eigenvalue weighted by molar-refractivity contribution is 7.90. The molecule has 0 radical (unpaired) electrons. The van der Waals surface area contributed by atoms with Gasteiger partial charge in [-0.3, -0.25) is 24.7 Å². The fraction of sp³-hybridized carbons (Fsp3) is 0.451. The topological polar surface area (TPSA) is 164 Å². The van der Waals surface area contributed by atoms with Crippen molar-refractivity contribution in [1.29, 1.82) is 0 Å². The van der Waals surface area contributed by atoms with Gasteiger partial charge in [0, 0.05) is 98.5 Å². The molecular formula is C51H59ClN8O7S. The number of halogens is 1. The van der Waals surface area contributed by atoms with Crippen LogP contribution in [0.25, 0.3) is 16.6 Å². The maximum atomic E-state index is 14.1. The van der Waals surface area contributed by atoms with E-state index in [4.69, 9.17) is 21.2 Å². The molecule has 358 valence electrons. The standard InChI is InChI=1S/C51H59ClN8O7S/c52-39-7-5-36(6-8-39)44-17-21-51(19-1-2-20-51)34-38(44)35-56-24-26-57(27-25-56)42-13-15-45(48(32-42)67-59-23-18-37-4-3-22-53-49(37)59)50(61)55-68(64,65)43-14-16-46(47(33-43)60(62)63)54-40-9-11-41(12-10-40)58-28-30-66-31-29-58/h3-8,13-16,18,22-23,32-33,40-41,54H,1-2,9-12,17,19-21,24-31,34-35H2,(H,55,61)/t40-,41-. The molecule has 10 rings (SSSR count). The molecule has 0 bridgehead atoms. The number of benzene rings is 3. The van der Waals surface area contributed by atoms with Crippen molar-refractivity contribution < 1.29 is 27.7 Å². The van der Waals surface area contributed by atoms with Crippen LogP contribution in [0.15, 0.2) is 102 Å². The van der Waals surface area contributed by atoms with Crippen molar-refractivity contribution in [3.05, 3.63) is 123 Å². The van der Waals surface area contributed by atoms with E-state index in [1.54, 1.807) is 30.1 Å². The maximum Gasteiger partial charge on any atom is 0.293 e. The number of nitrogens with one attached hydrogen (secondary N) is 2. The lowest BCUT2D eigenvalue weighted by Gasteiger charge is -2.41. The summed E-state index contributed by atoms with van der Waals surface area (Å²) in [5.41, 5.74) is 5.85. The number of rotatable bonds is 13. The molecule has 2 aliphatic heterocycles. The molecule has 4 heterocycles. The first-order valence-electron chi connectivity index (χ1n) is 24.1. The number of amides is 1. The van der Waals surface area contributed by atoms with Crippen LogP contribution in [-0.2, 0) is 14.8 Å². The third kappa shape index (κ3) is 10.1. The Balaban J connectivity index is 0.849. The van der Waals surface area contributed by atoms with Gasteiger partial charge in [-0.2, -0.15) is 4.73 Å². The second-order valence-electron chi connectivity index (χ2n) is 19.2. The quantitative estimate of drug-likeness (QED) is 0.0852. The van der Waals surface area contributed by atoms with E-state index in [1.165, 1.54) is 60.1 Å². The number of nitrogens with zero attached hydrogens (tertiary/aromatic N) is 6. The van der Waals surface area contributed by atoms with Gasteiger partial charge < -0.3 is 19.8 Å². The smallest absolute Gasteiger partial charge is 0.293 e. The Bertz CT molecular complexity index is 2790. The van der Waals surface area contributed by atoms with E-state index in [9.17, 15) is 23.3 Å². The summed E-state index contributed by atoms with van der Waals surface area (Å²) >= 11 is 6.30. The van der Waals surface area contributed by atoms with Gasteiger partial charge in [-0.15, -0.1) is 0 Å². The van der Waals surface area contributed by atoms with Gasteiger partial charge in [0.2, 0.25) is 0 Å². The Kier molecular flexibility index (Phi) is 13.5. The number of sulfonamides is 1. The number of carbonyl (C=O) groups is 1. The molecule has 5 aliphatic rings. The number of nitro groups is 1. The summed E-state index contributed by atoms with van der Waals surface area (Å²) in [4.78, 5) is 43.6. The van der Waals surface area contributed by atoms with Crippen molar-refractivity contribution in [2.24, 2.45) is 5.41 Å². The molecular weight excluding hydrogens is 904 g/mol. The Morgan fingerprint density at radius 1 is 0.912 bits per heavy atom. The number of pyridine rings is 1. The van der Waals surface area contributed by atoms with Crippen molar-refractivity contribution in [3.63, 3.8) is 0 Å². The minimum Gasteiger partial charge on any atom is -0.379 e. The molecule has 17 heteroatoms. The Morgan fingerprint density at radius 2 is 1.68 bits per heavy atom. The SMILES string of the molecule is O=C(NS(=O)(=O)c1ccc(N[C@H]2CC[C@H](N3CCOCC3)CC2)c([N+](=O)[O-])c1)c1ccc(N2CCN(CC3=C(c4ccc(Cl)cc4)CCC4(CCCC4)C3)CC2)cc1On1ccc2cccnc21. The van der Waals surface area contributed by atoms with Crippen LogP contribution in [0.5, 0.6) is 5.75 Å².